The average Bonchev–Trinajstić information content (AvgIpc) is 3.18. The first kappa shape index (κ1) is 15.9. The van der Waals surface area contributed by atoms with Gasteiger partial charge in [0, 0.05) is 17.1 Å². The predicted molar refractivity (Wildman–Crippen MR) is 93.9 cm³/mol. The number of nitrogens with one attached hydrogen (secondary N) is 2. The zero-order valence-corrected chi connectivity index (χ0v) is 13.8. The van der Waals surface area contributed by atoms with E-state index in [0.717, 1.165) is 16.7 Å². The Bertz CT molecular complexity index is 897. The van der Waals surface area contributed by atoms with Gasteiger partial charge in [0.15, 0.2) is 5.13 Å². The number of carbonyl (C=O) groups is 2. The maximum absolute atomic E-state index is 12.2. The number of primary amides is 1. The van der Waals surface area contributed by atoms with Crippen molar-refractivity contribution in [2.45, 2.75) is 13.3 Å². The van der Waals surface area contributed by atoms with Crippen LogP contribution in [0.2, 0.25) is 0 Å². The molecule has 6 nitrogen and oxygen atoms in total. The van der Waals surface area contributed by atoms with E-state index in [2.05, 4.69) is 15.3 Å². The number of rotatable bonds is 5. The zero-order chi connectivity index (χ0) is 17.1. The number of nitrogens with zero attached hydrogens (tertiary/aromatic N) is 1. The fourth-order valence-corrected chi connectivity index (χ4v) is 3.03. The summed E-state index contributed by atoms with van der Waals surface area (Å²) >= 11 is 1.33. The standard InChI is InChI=1S/C17H16N4O2S/c1-10-4-2-3-5-11(10)7-15(22)21-17-20-14(9-24-17)12-6-13(16(18)23)19-8-12/h2-6,8-9,19H,7H2,1H3,(H2,18,23)(H,20,21,22). The lowest BCUT2D eigenvalue weighted by molar-refractivity contribution is -0.115. The lowest BCUT2D eigenvalue weighted by Gasteiger charge is -2.04. The number of hydrogen-bond acceptors (Lipinski definition) is 4. The maximum atomic E-state index is 12.2. The molecule has 0 saturated carbocycles. The van der Waals surface area contributed by atoms with Crippen molar-refractivity contribution in [3.63, 3.8) is 0 Å². The van der Waals surface area contributed by atoms with Crippen LogP contribution in [0.25, 0.3) is 11.3 Å². The van der Waals surface area contributed by atoms with Crippen LogP contribution in [0.5, 0.6) is 0 Å². The quantitative estimate of drug-likeness (QED) is 0.665. The fourth-order valence-electron chi connectivity index (χ4n) is 2.29. The Morgan fingerprint density at radius 1 is 1.33 bits per heavy atom. The second kappa shape index (κ2) is 6.67. The van der Waals surface area contributed by atoms with Gasteiger partial charge < -0.3 is 16.0 Å². The second-order valence-corrected chi connectivity index (χ2v) is 6.21. The summed E-state index contributed by atoms with van der Waals surface area (Å²) in [5, 5.41) is 5.14. The molecule has 3 rings (SSSR count). The molecule has 2 aromatic heterocycles. The van der Waals surface area contributed by atoms with Crippen molar-refractivity contribution < 1.29 is 9.59 Å². The third-order valence-electron chi connectivity index (χ3n) is 3.61. The molecule has 0 atom stereocenters. The number of H-pyrrole nitrogens is 1. The Kier molecular flexibility index (Phi) is 4.43. The number of carbonyl (C=O) groups excluding carboxylic acids is 2. The minimum Gasteiger partial charge on any atom is -0.364 e. The van der Waals surface area contributed by atoms with Crippen molar-refractivity contribution in [2.24, 2.45) is 5.73 Å². The lowest BCUT2D eigenvalue weighted by atomic mass is 10.1. The normalized spacial score (nSPS) is 10.5. The molecule has 3 aromatic rings. The first-order valence-electron chi connectivity index (χ1n) is 7.31. The fraction of sp³-hybridized carbons (Fsp3) is 0.118. The van der Waals surface area contributed by atoms with E-state index in [0.29, 0.717) is 22.9 Å². The molecule has 4 N–H and O–H groups in total. The third-order valence-corrected chi connectivity index (χ3v) is 4.36. The summed E-state index contributed by atoms with van der Waals surface area (Å²) in [5.74, 6) is -0.639. The molecule has 0 aliphatic carbocycles. The van der Waals surface area contributed by atoms with Gasteiger partial charge in [-0.25, -0.2) is 4.98 Å². The van der Waals surface area contributed by atoms with Crippen molar-refractivity contribution in [1.29, 1.82) is 0 Å². The van der Waals surface area contributed by atoms with Crippen molar-refractivity contribution in [2.75, 3.05) is 5.32 Å². The first-order chi connectivity index (χ1) is 11.5. The highest BCUT2D eigenvalue weighted by Crippen LogP contribution is 2.25. The largest absolute Gasteiger partial charge is 0.364 e. The van der Waals surface area contributed by atoms with Gasteiger partial charge in [-0.3, -0.25) is 9.59 Å². The highest BCUT2D eigenvalue weighted by molar-refractivity contribution is 7.14. The average molecular weight is 340 g/mol. The van der Waals surface area contributed by atoms with Crippen molar-refractivity contribution in [1.82, 2.24) is 9.97 Å². The van der Waals surface area contributed by atoms with Crippen molar-refractivity contribution in [3.8, 4) is 11.3 Å². The minimum absolute atomic E-state index is 0.114. The Morgan fingerprint density at radius 3 is 2.83 bits per heavy atom. The SMILES string of the molecule is Cc1ccccc1CC(=O)Nc1nc(-c2c[nH]c(C(N)=O)c2)cs1. The number of anilines is 1. The number of hydrogen-bond donors (Lipinski definition) is 3. The second-order valence-electron chi connectivity index (χ2n) is 5.36. The van der Waals surface area contributed by atoms with E-state index in [1.165, 1.54) is 11.3 Å². The molecule has 0 aliphatic rings. The predicted octanol–water partition coefficient (Wildman–Crippen LogP) is 2.73. The van der Waals surface area contributed by atoms with Crippen LogP contribution in [0.3, 0.4) is 0 Å². The summed E-state index contributed by atoms with van der Waals surface area (Å²) in [6.45, 7) is 1.98. The molecule has 0 unspecified atom stereocenters. The smallest absolute Gasteiger partial charge is 0.265 e. The van der Waals surface area contributed by atoms with Gasteiger partial charge in [0.1, 0.15) is 5.69 Å². The minimum atomic E-state index is -0.525. The van der Waals surface area contributed by atoms with Gasteiger partial charge in [0.2, 0.25) is 5.91 Å². The van der Waals surface area contributed by atoms with E-state index < -0.39 is 5.91 Å². The molecule has 24 heavy (non-hydrogen) atoms. The van der Waals surface area contributed by atoms with E-state index >= 15 is 0 Å². The van der Waals surface area contributed by atoms with Crippen molar-refractivity contribution in [3.05, 3.63) is 58.7 Å². The summed E-state index contributed by atoms with van der Waals surface area (Å²) < 4.78 is 0. The van der Waals surface area contributed by atoms with Gasteiger partial charge in [-0.15, -0.1) is 11.3 Å². The van der Waals surface area contributed by atoms with Crippen LogP contribution in [0.1, 0.15) is 21.6 Å². The van der Waals surface area contributed by atoms with Gasteiger partial charge in [-0.2, -0.15) is 0 Å². The van der Waals surface area contributed by atoms with Gasteiger partial charge in [-0.05, 0) is 24.1 Å². The monoisotopic (exact) mass is 340 g/mol. The van der Waals surface area contributed by atoms with Gasteiger partial charge in [-0.1, -0.05) is 24.3 Å². The summed E-state index contributed by atoms with van der Waals surface area (Å²) in [6, 6.07) is 9.41. The highest BCUT2D eigenvalue weighted by atomic mass is 32.1. The van der Waals surface area contributed by atoms with Crippen LogP contribution in [0.15, 0.2) is 41.9 Å². The molecule has 0 fully saturated rings. The number of aryl methyl sites for hydroxylation is 1. The highest BCUT2D eigenvalue weighted by Gasteiger charge is 2.12. The topological polar surface area (TPSA) is 101 Å². The summed E-state index contributed by atoms with van der Waals surface area (Å²) in [7, 11) is 0. The van der Waals surface area contributed by atoms with E-state index in [1.54, 1.807) is 12.3 Å². The summed E-state index contributed by atoms with van der Waals surface area (Å²) in [4.78, 5) is 30.4. The zero-order valence-electron chi connectivity index (χ0n) is 13.0. The Hall–Kier alpha value is -2.93. The molecule has 0 bridgehead atoms. The van der Waals surface area contributed by atoms with Crippen LogP contribution < -0.4 is 11.1 Å². The van der Waals surface area contributed by atoms with E-state index in [1.807, 2.05) is 36.6 Å². The first-order valence-corrected chi connectivity index (χ1v) is 8.19. The van der Waals surface area contributed by atoms with Crippen LogP contribution in [0.4, 0.5) is 5.13 Å². The molecule has 0 spiro atoms. The lowest BCUT2D eigenvalue weighted by Crippen LogP contribution is -2.14. The number of thiazole rings is 1. The van der Waals surface area contributed by atoms with E-state index in [9.17, 15) is 9.59 Å². The molecule has 2 amide bonds. The maximum Gasteiger partial charge on any atom is 0.265 e. The van der Waals surface area contributed by atoms with Gasteiger partial charge in [0.25, 0.3) is 5.91 Å². The van der Waals surface area contributed by atoms with Crippen LogP contribution in [0, 0.1) is 6.92 Å². The Morgan fingerprint density at radius 2 is 2.12 bits per heavy atom. The molecule has 2 heterocycles. The van der Waals surface area contributed by atoms with Crippen LogP contribution in [-0.4, -0.2) is 21.8 Å². The van der Waals surface area contributed by atoms with E-state index in [4.69, 9.17) is 5.73 Å². The van der Waals surface area contributed by atoms with Crippen LogP contribution >= 0.6 is 11.3 Å². The summed E-state index contributed by atoms with van der Waals surface area (Å²) in [6.07, 6.45) is 1.96. The summed E-state index contributed by atoms with van der Waals surface area (Å²) in [5.41, 5.74) is 9.04. The molecule has 7 heteroatoms. The third kappa shape index (κ3) is 3.52. The van der Waals surface area contributed by atoms with Crippen LogP contribution in [-0.2, 0) is 11.2 Å². The van der Waals surface area contributed by atoms with Gasteiger partial charge in [0.05, 0.1) is 12.1 Å². The molecular weight excluding hydrogens is 324 g/mol. The molecule has 0 radical (unpaired) electrons. The molecule has 122 valence electrons. The number of benzene rings is 1. The number of aromatic amines is 1. The number of amides is 2. The number of nitrogens with two attached hydrogens (primary N) is 1. The molecule has 1 aromatic carbocycles. The Labute approximate surface area is 142 Å². The molecular formula is C17H16N4O2S. The molecule has 0 aliphatic heterocycles. The number of aromatic nitrogens is 2. The van der Waals surface area contributed by atoms with E-state index in [-0.39, 0.29) is 5.91 Å². The van der Waals surface area contributed by atoms with Crippen molar-refractivity contribution >= 4 is 28.3 Å². The van der Waals surface area contributed by atoms with Gasteiger partial charge >= 0.3 is 0 Å². The Balaban J connectivity index is 1.68. The molecule has 0 saturated heterocycles.